The SMILES string of the molecule is COc1ccc(CN(C)C[C@H]2OCCCC[C@@H](C)Oc3ccc(NC(=O)Nc4ccc(F)cc4)cc3C(=O)N([C@H](C)CO)C[C@@H]2C)cc1. The minimum Gasteiger partial charge on any atom is -0.497 e. The van der Waals surface area contributed by atoms with E-state index in [9.17, 15) is 19.1 Å². The predicted molar refractivity (Wildman–Crippen MR) is 185 cm³/mol. The Morgan fingerprint density at radius 1 is 1.06 bits per heavy atom. The summed E-state index contributed by atoms with van der Waals surface area (Å²) >= 11 is 0. The zero-order valence-corrected chi connectivity index (χ0v) is 28.6. The van der Waals surface area contributed by atoms with Crippen LogP contribution in [0.1, 0.15) is 56.0 Å². The van der Waals surface area contributed by atoms with Crippen LogP contribution in [-0.4, -0.2) is 85.6 Å². The highest BCUT2D eigenvalue weighted by Gasteiger charge is 2.30. The van der Waals surface area contributed by atoms with E-state index in [0.717, 1.165) is 37.1 Å². The first kappa shape index (κ1) is 36.6. The van der Waals surface area contributed by atoms with Crippen LogP contribution in [0.3, 0.4) is 0 Å². The van der Waals surface area contributed by atoms with Crippen molar-refractivity contribution in [3.05, 3.63) is 83.7 Å². The van der Waals surface area contributed by atoms with Crippen molar-refractivity contribution in [3.8, 4) is 11.5 Å². The van der Waals surface area contributed by atoms with E-state index in [1.54, 1.807) is 37.1 Å². The number of amides is 3. The molecule has 3 aromatic rings. The highest BCUT2D eigenvalue weighted by molar-refractivity contribution is 6.02. The number of urea groups is 1. The van der Waals surface area contributed by atoms with Crippen LogP contribution in [0, 0.1) is 11.7 Å². The predicted octanol–water partition coefficient (Wildman–Crippen LogP) is 6.41. The van der Waals surface area contributed by atoms with Gasteiger partial charge < -0.3 is 34.9 Å². The number of rotatable bonds is 9. The van der Waals surface area contributed by atoms with Crippen molar-refractivity contribution >= 4 is 23.3 Å². The Labute approximate surface area is 283 Å². The van der Waals surface area contributed by atoms with E-state index in [4.69, 9.17) is 14.2 Å². The number of ether oxygens (including phenoxy) is 3. The standard InChI is InChI=1S/C37H49FN4O6/c1-25-21-42(26(2)24-43)36(44)33-20-31(40-37(45)39-30-13-11-29(38)12-14-30)15-18-34(33)48-27(3)8-6-7-19-47-35(25)23-41(4)22-28-9-16-32(46-5)17-10-28/h9-18,20,25-27,35,43H,6-8,19,21-24H2,1-5H3,(H2,39,40,45)/t25-,26+,27+,35+/m0/s1. The molecule has 3 N–H and O–H groups in total. The molecule has 0 aliphatic carbocycles. The molecule has 0 bridgehead atoms. The largest absolute Gasteiger partial charge is 0.497 e. The number of anilines is 2. The maximum atomic E-state index is 14.4. The molecule has 11 heteroatoms. The first-order valence-electron chi connectivity index (χ1n) is 16.6. The second-order valence-electron chi connectivity index (χ2n) is 12.6. The van der Waals surface area contributed by atoms with Gasteiger partial charge in [0.15, 0.2) is 0 Å². The van der Waals surface area contributed by atoms with Crippen molar-refractivity contribution in [3.63, 3.8) is 0 Å². The van der Waals surface area contributed by atoms with Crippen LogP contribution in [0.5, 0.6) is 11.5 Å². The zero-order chi connectivity index (χ0) is 34.6. The van der Waals surface area contributed by atoms with E-state index in [0.29, 0.717) is 36.8 Å². The second kappa shape index (κ2) is 17.8. The molecule has 0 saturated heterocycles. The van der Waals surface area contributed by atoms with Gasteiger partial charge in [-0.25, -0.2) is 9.18 Å². The lowest BCUT2D eigenvalue weighted by molar-refractivity contribution is -0.0177. The summed E-state index contributed by atoms with van der Waals surface area (Å²) in [4.78, 5) is 31.0. The number of halogens is 1. The minimum atomic E-state index is -0.544. The lowest BCUT2D eigenvalue weighted by atomic mass is 10.0. The maximum Gasteiger partial charge on any atom is 0.323 e. The van der Waals surface area contributed by atoms with Crippen molar-refractivity contribution in [1.29, 1.82) is 0 Å². The fourth-order valence-electron chi connectivity index (χ4n) is 5.70. The highest BCUT2D eigenvalue weighted by atomic mass is 19.1. The summed E-state index contributed by atoms with van der Waals surface area (Å²) < 4.78 is 31.4. The Hall–Kier alpha value is -4.19. The molecule has 1 heterocycles. The molecule has 0 spiro atoms. The summed E-state index contributed by atoms with van der Waals surface area (Å²) in [5.41, 5.74) is 2.23. The number of nitrogens with zero attached hydrogens (tertiary/aromatic N) is 2. The number of benzene rings is 3. The smallest absolute Gasteiger partial charge is 0.323 e. The van der Waals surface area contributed by atoms with Crippen LogP contribution < -0.4 is 20.1 Å². The number of carbonyl (C=O) groups is 2. The third-order valence-electron chi connectivity index (χ3n) is 8.51. The van der Waals surface area contributed by atoms with Gasteiger partial charge in [-0.05, 0) is 100 Å². The third kappa shape index (κ3) is 10.7. The molecule has 4 atom stereocenters. The summed E-state index contributed by atoms with van der Waals surface area (Å²) in [5.74, 6) is 0.411. The molecule has 260 valence electrons. The van der Waals surface area contributed by atoms with Gasteiger partial charge >= 0.3 is 6.03 Å². The topological polar surface area (TPSA) is 113 Å². The van der Waals surface area contributed by atoms with Crippen molar-refractivity contribution in [2.75, 3.05) is 51.1 Å². The third-order valence-corrected chi connectivity index (χ3v) is 8.51. The summed E-state index contributed by atoms with van der Waals surface area (Å²) in [6, 6.07) is 17.3. The molecular formula is C37H49FN4O6. The Kier molecular flexibility index (Phi) is 13.6. The molecular weight excluding hydrogens is 615 g/mol. The molecule has 3 amide bonds. The van der Waals surface area contributed by atoms with Gasteiger partial charge in [0.2, 0.25) is 0 Å². The molecule has 1 aliphatic heterocycles. The molecule has 1 aliphatic rings. The van der Waals surface area contributed by atoms with Gasteiger partial charge in [-0.3, -0.25) is 9.69 Å². The molecule has 4 rings (SSSR count). The van der Waals surface area contributed by atoms with E-state index in [1.165, 1.54) is 24.3 Å². The fourth-order valence-corrected chi connectivity index (χ4v) is 5.70. The van der Waals surface area contributed by atoms with Crippen LogP contribution in [0.2, 0.25) is 0 Å². The molecule has 0 saturated carbocycles. The molecule has 0 aromatic heterocycles. The van der Waals surface area contributed by atoms with Crippen molar-refractivity contribution in [1.82, 2.24) is 9.80 Å². The summed E-state index contributed by atoms with van der Waals surface area (Å²) in [6.45, 7) is 7.91. The van der Waals surface area contributed by atoms with E-state index in [-0.39, 0.29) is 36.2 Å². The highest BCUT2D eigenvalue weighted by Crippen LogP contribution is 2.29. The van der Waals surface area contributed by atoms with Gasteiger partial charge in [0.25, 0.3) is 5.91 Å². The summed E-state index contributed by atoms with van der Waals surface area (Å²) in [6.07, 6.45) is 2.19. The molecule has 10 nitrogen and oxygen atoms in total. The minimum absolute atomic E-state index is 0.0738. The number of aliphatic hydroxyl groups excluding tert-OH is 1. The number of likely N-dealkylation sites (N-methyl/N-ethyl adjacent to an activating group) is 1. The normalized spacial score (nSPS) is 19.9. The summed E-state index contributed by atoms with van der Waals surface area (Å²) in [7, 11) is 3.71. The van der Waals surface area contributed by atoms with Crippen LogP contribution in [0.4, 0.5) is 20.6 Å². The average Bonchev–Trinajstić information content (AvgIpc) is 3.07. The Morgan fingerprint density at radius 2 is 1.75 bits per heavy atom. The van der Waals surface area contributed by atoms with Gasteiger partial charge in [0.1, 0.15) is 17.3 Å². The number of aliphatic hydroxyl groups is 1. The van der Waals surface area contributed by atoms with Crippen molar-refractivity contribution in [2.45, 2.75) is 64.8 Å². The molecule has 0 unspecified atom stereocenters. The summed E-state index contributed by atoms with van der Waals surface area (Å²) in [5, 5.41) is 15.7. The van der Waals surface area contributed by atoms with Crippen molar-refractivity contribution in [2.24, 2.45) is 5.92 Å². The lowest BCUT2D eigenvalue weighted by Gasteiger charge is -2.36. The Morgan fingerprint density at radius 3 is 2.44 bits per heavy atom. The molecule has 48 heavy (non-hydrogen) atoms. The average molecular weight is 665 g/mol. The number of nitrogens with one attached hydrogen (secondary N) is 2. The van der Waals surface area contributed by atoms with Crippen LogP contribution in [0.15, 0.2) is 66.7 Å². The maximum absolute atomic E-state index is 14.4. The van der Waals surface area contributed by atoms with Crippen LogP contribution >= 0.6 is 0 Å². The van der Waals surface area contributed by atoms with Crippen molar-refractivity contribution < 1.29 is 33.3 Å². The lowest BCUT2D eigenvalue weighted by Crippen LogP contribution is -2.47. The molecule has 0 radical (unpaired) electrons. The number of carbonyl (C=O) groups excluding carboxylic acids is 2. The van der Waals surface area contributed by atoms with E-state index >= 15 is 0 Å². The Bertz CT molecular complexity index is 1470. The van der Waals surface area contributed by atoms with Gasteiger partial charge in [0, 0.05) is 43.5 Å². The number of hydrogen-bond acceptors (Lipinski definition) is 7. The van der Waals surface area contributed by atoms with Gasteiger partial charge in [-0.2, -0.15) is 0 Å². The van der Waals surface area contributed by atoms with Crippen LogP contribution in [-0.2, 0) is 11.3 Å². The Balaban J connectivity index is 1.57. The van der Waals surface area contributed by atoms with Crippen LogP contribution in [0.25, 0.3) is 0 Å². The first-order valence-corrected chi connectivity index (χ1v) is 16.6. The number of hydrogen-bond donors (Lipinski definition) is 3. The van der Waals surface area contributed by atoms with E-state index in [2.05, 4.69) is 29.5 Å². The van der Waals surface area contributed by atoms with Gasteiger partial charge in [0.05, 0.1) is 37.5 Å². The number of methoxy groups -OCH3 is 1. The quantitative estimate of drug-likeness (QED) is 0.243. The zero-order valence-electron chi connectivity index (χ0n) is 28.6. The van der Waals surface area contributed by atoms with Gasteiger partial charge in [-0.1, -0.05) is 19.1 Å². The molecule has 0 fully saturated rings. The van der Waals surface area contributed by atoms with Gasteiger partial charge in [-0.15, -0.1) is 0 Å². The molecule has 3 aromatic carbocycles. The van der Waals surface area contributed by atoms with E-state index < -0.39 is 17.9 Å². The van der Waals surface area contributed by atoms with E-state index in [1.807, 2.05) is 31.2 Å². The number of fused-ring (bicyclic) bond motifs is 1. The second-order valence-corrected chi connectivity index (χ2v) is 12.6. The first-order chi connectivity index (χ1) is 23.1. The fraction of sp³-hybridized carbons (Fsp3) is 0.459. The monoisotopic (exact) mass is 664 g/mol.